The summed E-state index contributed by atoms with van der Waals surface area (Å²) in [6.07, 6.45) is -0.632. The highest BCUT2D eigenvalue weighted by molar-refractivity contribution is 7.20. The molecule has 0 aliphatic carbocycles. The summed E-state index contributed by atoms with van der Waals surface area (Å²) in [4.78, 5) is 12.6. The maximum absolute atomic E-state index is 11.9. The van der Waals surface area contributed by atoms with Crippen molar-refractivity contribution in [1.29, 1.82) is 0 Å². The Labute approximate surface area is 109 Å². The number of aliphatic hydroxyl groups is 1. The van der Waals surface area contributed by atoms with E-state index in [-0.39, 0.29) is 12.5 Å². The number of carbonyl (C=O) groups is 1. The number of rotatable bonds is 4. The Morgan fingerprint density at radius 3 is 2.89 bits per heavy atom. The number of nitrogens with one attached hydrogen (secondary N) is 1. The molecule has 4 N–H and O–H groups in total. The van der Waals surface area contributed by atoms with Gasteiger partial charge in [-0.2, -0.15) is 0 Å². The average molecular weight is 264 g/mol. The van der Waals surface area contributed by atoms with Crippen molar-refractivity contribution in [3.05, 3.63) is 35.2 Å². The molecule has 96 valence electrons. The van der Waals surface area contributed by atoms with Crippen LogP contribution in [0.1, 0.15) is 16.6 Å². The number of hydrogen-bond acceptors (Lipinski definition) is 4. The minimum absolute atomic E-state index is 0.146. The second-order valence-corrected chi connectivity index (χ2v) is 5.35. The average Bonchev–Trinajstić information content (AvgIpc) is 2.79. The first kappa shape index (κ1) is 13.0. The van der Waals surface area contributed by atoms with E-state index in [2.05, 4.69) is 5.32 Å². The highest BCUT2D eigenvalue weighted by Crippen LogP contribution is 2.24. The fraction of sp³-hybridized carbons (Fsp3) is 0.308. The molecule has 1 aromatic carbocycles. The van der Waals surface area contributed by atoms with Crippen LogP contribution in [-0.2, 0) is 0 Å². The van der Waals surface area contributed by atoms with Crippen molar-refractivity contribution in [2.75, 3.05) is 6.54 Å². The van der Waals surface area contributed by atoms with Gasteiger partial charge >= 0.3 is 0 Å². The first-order chi connectivity index (χ1) is 8.58. The molecule has 5 heteroatoms. The highest BCUT2D eigenvalue weighted by atomic mass is 32.1. The largest absolute Gasteiger partial charge is 0.392 e. The van der Waals surface area contributed by atoms with Crippen molar-refractivity contribution in [3.8, 4) is 0 Å². The van der Waals surface area contributed by atoms with Crippen molar-refractivity contribution in [1.82, 2.24) is 5.32 Å². The maximum Gasteiger partial charge on any atom is 0.261 e. The van der Waals surface area contributed by atoms with Crippen molar-refractivity contribution >= 4 is 27.3 Å². The standard InChI is InChI=1S/C13H16N2O2S/c1-8(16)10(14)7-15-13(17)12-6-9-4-2-3-5-11(9)18-12/h2-6,8,10,16H,7,14H2,1H3,(H,15,17). The van der Waals surface area contributed by atoms with Gasteiger partial charge in [0.2, 0.25) is 0 Å². The van der Waals surface area contributed by atoms with E-state index < -0.39 is 12.1 Å². The second kappa shape index (κ2) is 5.48. The molecule has 1 heterocycles. The van der Waals surface area contributed by atoms with E-state index in [0.29, 0.717) is 4.88 Å². The minimum Gasteiger partial charge on any atom is -0.392 e. The molecule has 0 saturated heterocycles. The zero-order valence-corrected chi connectivity index (χ0v) is 10.9. The lowest BCUT2D eigenvalue weighted by molar-refractivity contribution is 0.0941. The van der Waals surface area contributed by atoms with Gasteiger partial charge in [0.05, 0.1) is 11.0 Å². The smallest absolute Gasteiger partial charge is 0.261 e. The van der Waals surface area contributed by atoms with Crippen LogP contribution in [0.15, 0.2) is 30.3 Å². The molecule has 2 rings (SSSR count). The summed E-state index contributed by atoms with van der Waals surface area (Å²) >= 11 is 1.45. The van der Waals surface area contributed by atoms with E-state index in [0.717, 1.165) is 10.1 Å². The van der Waals surface area contributed by atoms with E-state index >= 15 is 0 Å². The molecule has 0 bridgehead atoms. The molecule has 0 aliphatic rings. The first-order valence-corrected chi connectivity index (χ1v) is 6.60. The number of benzene rings is 1. The zero-order valence-electron chi connectivity index (χ0n) is 10.1. The maximum atomic E-state index is 11.9. The number of nitrogens with two attached hydrogens (primary N) is 1. The summed E-state index contributed by atoms with van der Waals surface area (Å²) in [5, 5.41) is 13.0. The van der Waals surface area contributed by atoms with Gasteiger partial charge in [0.25, 0.3) is 5.91 Å². The van der Waals surface area contributed by atoms with Crippen LogP contribution in [0.2, 0.25) is 0 Å². The van der Waals surface area contributed by atoms with Crippen LogP contribution < -0.4 is 11.1 Å². The minimum atomic E-state index is -0.632. The summed E-state index contributed by atoms with van der Waals surface area (Å²) in [5.74, 6) is -0.146. The molecule has 0 radical (unpaired) electrons. The van der Waals surface area contributed by atoms with Gasteiger partial charge in [0, 0.05) is 17.3 Å². The summed E-state index contributed by atoms with van der Waals surface area (Å²) in [6, 6.07) is 9.28. The third kappa shape index (κ3) is 2.87. The second-order valence-electron chi connectivity index (χ2n) is 4.26. The molecule has 2 aromatic rings. The predicted octanol–water partition coefficient (Wildman–Crippen LogP) is 1.34. The SMILES string of the molecule is CC(O)C(N)CNC(=O)c1cc2ccccc2s1. The first-order valence-electron chi connectivity index (χ1n) is 5.78. The summed E-state index contributed by atoms with van der Waals surface area (Å²) in [6.45, 7) is 1.88. The Morgan fingerprint density at radius 1 is 1.50 bits per heavy atom. The lowest BCUT2D eigenvalue weighted by atomic mass is 10.2. The number of aliphatic hydroxyl groups excluding tert-OH is 1. The van der Waals surface area contributed by atoms with E-state index in [9.17, 15) is 9.90 Å². The third-order valence-electron chi connectivity index (χ3n) is 2.77. The Balaban J connectivity index is 2.05. The number of hydrogen-bond donors (Lipinski definition) is 3. The van der Waals surface area contributed by atoms with Crippen molar-refractivity contribution < 1.29 is 9.90 Å². The van der Waals surface area contributed by atoms with Crippen LogP contribution >= 0.6 is 11.3 Å². The number of fused-ring (bicyclic) bond motifs is 1. The van der Waals surface area contributed by atoms with Crippen LogP contribution in [0.5, 0.6) is 0 Å². The highest BCUT2D eigenvalue weighted by Gasteiger charge is 2.13. The van der Waals surface area contributed by atoms with Crippen molar-refractivity contribution in [3.63, 3.8) is 0 Å². The molecule has 0 spiro atoms. The van der Waals surface area contributed by atoms with Crippen molar-refractivity contribution in [2.45, 2.75) is 19.1 Å². The Hall–Kier alpha value is -1.43. The van der Waals surface area contributed by atoms with Crippen LogP contribution in [0.4, 0.5) is 0 Å². The van der Waals surface area contributed by atoms with E-state index in [4.69, 9.17) is 5.73 Å². The molecule has 0 aliphatic heterocycles. The molecule has 4 nitrogen and oxygen atoms in total. The van der Waals surface area contributed by atoms with E-state index in [1.807, 2.05) is 30.3 Å². The van der Waals surface area contributed by atoms with Gasteiger partial charge in [-0.25, -0.2) is 0 Å². The van der Waals surface area contributed by atoms with Crippen molar-refractivity contribution in [2.24, 2.45) is 5.73 Å². The molecule has 0 fully saturated rings. The number of amides is 1. The topological polar surface area (TPSA) is 75.3 Å². The van der Waals surface area contributed by atoms with Gasteiger partial charge < -0.3 is 16.2 Å². The summed E-state index contributed by atoms with van der Waals surface area (Å²) in [7, 11) is 0. The number of carbonyl (C=O) groups excluding carboxylic acids is 1. The lowest BCUT2D eigenvalue weighted by Crippen LogP contribution is -2.43. The van der Waals surface area contributed by atoms with Gasteiger partial charge in [-0.3, -0.25) is 4.79 Å². The van der Waals surface area contributed by atoms with E-state index in [1.54, 1.807) is 6.92 Å². The quantitative estimate of drug-likeness (QED) is 0.780. The predicted molar refractivity (Wildman–Crippen MR) is 73.8 cm³/mol. The Bertz CT molecular complexity index is 518. The Kier molecular flexibility index (Phi) is 3.96. The normalized spacial score (nSPS) is 14.4. The third-order valence-corrected chi connectivity index (χ3v) is 3.88. The molecule has 18 heavy (non-hydrogen) atoms. The Morgan fingerprint density at radius 2 is 2.22 bits per heavy atom. The fourth-order valence-corrected chi connectivity index (χ4v) is 2.54. The van der Waals surface area contributed by atoms with Crippen LogP contribution in [-0.4, -0.2) is 29.7 Å². The van der Waals surface area contributed by atoms with Crippen LogP contribution in [0.3, 0.4) is 0 Å². The molecule has 2 atom stereocenters. The molecule has 1 amide bonds. The van der Waals surface area contributed by atoms with Gasteiger partial charge in [-0.1, -0.05) is 18.2 Å². The molecular formula is C13H16N2O2S. The zero-order chi connectivity index (χ0) is 13.1. The fourth-order valence-electron chi connectivity index (χ4n) is 1.56. The summed E-state index contributed by atoms with van der Waals surface area (Å²) in [5.41, 5.74) is 5.66. The van der Waals surface area contributed by atoms with Gasteiger partial charge in [-0.15, -0.1) is 11.3 Å². The molecule has 2 unspecified atom stereocenters. The van der Waals surface area contributed by atoms with Gasteiger partial charge in [-0.05, 0) is 24.4 Å². The van der Waals surface area contributed by atoms with Gasteiger partial charge in [0.1, 0.15) is 0 Å². The monoisotopic (exact) mass is 264 g/mol. The van der Waals surface area contributed by atoms with Crippen LogP contribution in [0, 0.1) is 0 Å². The molecule has 1 aromatic heterocycles. The van der Waals surface area contributed by atoms with Crippen LogP contribution in [0.25, 0.3) is 10.1 Å². The molecular weight excluding hydrogens is 248 g/mol. The lowest BCUT2D eigenvalue weighted by Gasteiger charge is -2.14. The van der Waals surface area contributed by atoms with Gasteiger partial charge in [0.15, 0.2) is 0 Å². The summed E-state index contributed by atoms with van der Waals surface area (Å²) < 4.78 is 1.09. The number of thiophene rings is 1. The van der Waals surface area contributed by atoms with E-state index in [1.165, 1.54) is 11.3 Å². The molecule has 0 saturated carbocycles.